The number of anilines is 1. The summed E-state index contributed by atoms with van der Waals surface area (Å²) in [4.78, 5) is 15.8. The normalized spacial score (nSPS) is 12.1. The molecular weight excluding hydrogens is 240 g/mol. The van der Waals surface area contributed by atoms with Gasteiger partial charge in [-0.15, -0.1) is 0 Å². The van der Waals surface area contributed by atoms with Gasteiger partial charge in [-0.1, -0.05) is 13.0 Å². The van der Waals surface area contributed by atoms with E-state index in [9.17, 15) is 4.79 Å². The largest absolute Gasteiger partial charge is 0.327 e. The molecule has 3 N–H and O–H groups in total. The number of hydrogen-bond donors (Lipinski definition) is 2. The number of amides is 1. The topological polar surface area (TPSA) is 72.9 Å². The van der Waals surface area contributed by atoms with Crippen LogP contribution in [-0.2, 0) is 4.79 Å². The fraction of sp³-hybridized carbons (Fsp3) is 0.286. The van der Waals surface area contributed by atoms with E-state index in [4.69, 9.17) is 5.73 Å². The highest BCUT2D eigenvalue weighted by Gasteiger charge is 2.08. The lowest BCUT2D eigenvalue weighted by molar-refractivity contribution is -0.116. The fourth-order valence-electron chi connectivity index (χ4n) is 1.75. The van der Waals surface area contributed by atoms with Crippen LogP contribution in [0.2, 0.25) is 0 Å². The molecule has 5 nitrogen and oxygen atoms in total. The molecule has 5 heteroatoms. The van der Waals surface area contributed by atoms with Gasteiger partial charge in [0.15, 0.2) is 0 Å². The van der Waals surface area contributed by atoms with Crippen LogP contribution >= 0.6 is 0 Å². The van der Waals surface area contributed by atoms with Crippen LogP contribution in [0.3, 0.4) is 0 Å². The molecular formula is C14H18N4O. The molecule has 0 aliphatic rings. The summed E-state index contributed by atoms with van der Waals surface area (Å²) in [5, 5.41) is 2.86. The number of nitrogens with two attached hydrogens (primary N) is 1. The van der Waals surface area contributed by atoms with Gasteiger partial charge in [-0.2, -0.15) is 0 Å². The molecule has 1 aromatic carbocycles. The van der Waals surface area contributed by atoms with Gasteiger partial charge >= 0.3 is 0 Å². The summed E-state index contributed by atoms with van der Waals surface area (Å²) in [7, 11) is 0. The Morgan fingerprint density at radius 3 is 3.05 bits per heavy atom. The summed E-state index contributed by atoms with van der Waals surface area (Å²) >= 11 is 0. The van der Waals surface area contributed by atoms with Crippen molar-refractivity contribution >= 4 is 11.6 Å². The van der Waals surface area contributed by atoms with E-state index in [2.05, 4.69) is 10.3 Å². The van der Waals surface area contributed by atoms with Gasteiger partial charge in [0.2, 0.25) is 5.91 Å². The second-order valence-corrected chi connectivity index (χ2v) is 4.44. The van der Waals surface area contributed by atoms with Crippen molar-refractivity contribution in [2.45, 2.75) is 25.8 Å². The van der Waals surface area contributed by atoms with Crippen LogP contribution in [-0.4, -0.2) is 21.5 Å². The standard InChI is InChI=1S/C14H18N4O/c1-2-11(15)8-14(19)17-12-4-3-5-13(9-12)18-7-6-16-10-18/h3-7,9-11H,2,8,15H2,1H3,(H,17,19). The number of hydrogen-bond acceptors (Lipinski definition) is 3. The molecule has 2 rings (SSSR count). The lowest BCUT2D eigenvalue weighted by Gasteiger charge is -2.10. The molecule has 1 amide bonds. The van der Waals surface area contributed by atoms with Crippen molar-refractivity contribution in [3.05, 3.63) is 43.0 Å². The first-order valence-corrected chi connectivity index (χ1v) is 6.33. The predicted molar refractivity (Wildman–Crippen MR) is 75.1 cm³/mol. The number of aromatic nitrogens is 2. The summed E-state index contributed by atoms with van der Waals surface area (Å²) in [6, 6.07) is 7.52. The maximum atomic E-state index is 11.8. The van der Waals surface area contributed by atoms with Crippen LogP contribution in [0, 0.1) is 0 Å². The Kier molecular flexibility index (Phi) is 4.30. The first-order chi connectivity index (χ1) is 9.19. The number of carbonyl (C=O) groups excluding carboxylic acids is 1. The molecule has 0 spiro atoms. The Labute approximate surface area is 112 Å². The van der Waals surface area contributed by atoms with E-state index in [1.807, 2.05) is 42.0 Å². The van der Waals surface area contributed by atoms with E-state index in [0.717, 1.165) is 17.8 Å². The quantitative estimate of drug-likeness (QED) is 0.860. The monoisotopic (exact) mass is 258 g/mol. The van der Waals surface area contributed by atoms with Gasteiger partial charge in [-0.05, 0) is 24.6 Å². The molecule has 1 atom stereocenters. The summed E-state index contributed by atoms with van der Waals surface area (Å²) in [6.07, 6.45) is 6.42. The summed E-state index contributed by atoms with van der Waals surface area (Å²) in [5.41, 5.74) is 7.48. The molecule has 0 aliphatic heterocycles. The van der Waals surface area contributed by atoms with Gasteiger partial charge in [0.1, 0.15) is 0 Å². The number of benzene rings is 1. The Morgan fingerprint density at radius 1 is 1.53 bits per heavy atom. The van der Waals surface area contributed by atoms with Crippen LogP contribution in [0.15, 0.2) is 43.0 Å². The van der Waals surface area contributed by atoms with Crippen molar-refractivity contribution in [1.29, 1.82) is 0 Å². The second kappa shape index (κ2) is 6.15. The van der Waals surface area contributed by atoms with Gasteiger partial charge in [0.25, 0.3) is 0 Å². The Morgan fingerprint density at radius 2 is 2.37 bits per heavy atom. The molecule has 1 heterocycles. The zero-order chi connectivity index (χ0) is 13.7. The van der Waals surface area contributed by atoms with Gasteiger partial charge in [0.05, 0.1) is 6.33 Å². The highest BCUT2D eigenvalue weighted by Crippen LogP contribution is 2.14. The third kappa shape index (κ3) is 3.66. The van der Waals surface area contributed by atoms with Gasteiger partial charge in [-0.3, -0.25) is 4.79 Å². The average Bonchev–Trinajstić information content (AvgIpc) is 2.92. The molecule has 100 valence electrons. The third-order valence-corrected chi connectivity index (χ3v) is 2.90. The fourth-order valence-corrected chi connectivity index (χ4v) is 1.75. The highest BCUT2D eigenvalue weighted by atomic mass is 16.1. The van der Waals surface area contributed by atoms with E-state index in [-0.39, 0.29) is 11.9 Å². The van der Waals surface area contributed by atoms with Crippen LogP contribution in [0.25, 0.3) is 5.69 Å². The first-order valence-electron chi connectivity index (χ1n) is 6.33. The SMILES string of the molecule is CCC(N)CC(=O)Nc1cccc(-n2ccnc2)c1. The van der Waals surface area contributed by atoms with E-state index in [1.54, 1.807) is 12.5 Å². The van der Waals surface area contributed by atoms with E-state index < -0.39 is 0 Å². The molecule has 1 aromatic heterocycles. The predicted octanol–water partition coefficient (Wildman–Crippen LogP) is 1.94. The maximum absolute atomic E-state index is 11.8. The van der Waals surface area contributed by atoms with Gasteiger partial charge < -0.3 is 15.6 Å². The average molecular weight is 258 g/mol. The van der Waals surface area contributed by atoms with Gasteiger partial charge in [0, 0.05) is 36.2 Å². The molecule has 0 saturated heterocycles. The smallest absolute Gasteiger partial charge is 0.225 e. The Balaban J connectivity index is 2.05. The summed E-state index contributed by atoms with van der Waals surface area (Å²) in [6.45, 7) is 1.97. The van der Waals surface area contributed by atoms with E-state index >= 15 is 0 Å². The van der Waals surface area contributed by atoms with Crippen molar-refractivity contribution < 1.29 is 4.79 Å². The summed E-state index contributed by atoms with van der Waals surface area (Å²) < 4.78 is 1.88. The van der Waals surface area contributed by atoms with Gasteiger partial charge in [-0.25, -0.2) is 4.98 Å². The minimum Gasteiger partial charge on any atom is -0.327 e. The van der Waals surface area contributed by atoms with Crippen molar-refractivity contribution in [2.24, 2.45) is 5.73 Å². The van der Waals surface area contributed by atoms with Crippen LogP contribution in [0.5, 0.6) is 0 Å². The molecule has 0 saturated carbocycles. The Bertz CT molecular complexity index is 536. The zero-order valence-electron chi connectivity index (χ0n) is 10.9. The number of nitrogens with zero attached hydrogens (tertiary/aromatic N) is 2. The minimum atomic E-state index is -0.0863. The second-order valence-electron chi connectivity index (χ2n) is 4.44. The molecule has 19 heavy (non-hydrogen) atoms. The third-order valence-electron chi connectivity index (χ3n) is 2.90. The van der Waals surface area contributed by atoms with Crippen LogP contribution < -0.4 is 11.1 Å². The number of carbonyl (C=O) groups is 1. The van der Waals surface area contributed by atoms with Crippen LogP contribution in [0.4, 0.5) is 5.69 Å². The maximum Gasteiger partial charge on any atom is 0.225 e. The molecule has 1 unspecified atom stereocenters. The molecule has 0 fully saturated rings. The molecule has 2 aromatic rings. The van der Waals surface area contributed by atoms with E-state index in [0.29, 0.717) is 6.42 Å². The number of imidazole rings is 1. The van der Waals surface area contributed by atoms with Crippen molar-refractivity contribution in [2.75, 3.05) is 5.32 Å². The minimum absolute atomic E-state index is 0.0582. The Hall–Kier alpha value is -2.14. The van der Waals surface area contributed by atoms with E-state index in [1.165, 1.54) is 0 Å². The number of rotatable bonds is 5. The molecule has 0 aliphatic carbocycles. The number of nitrogens with one attached hydrogen (secondary N) is 1. The highest BCUT2D eigenvalue weighted by molar-refractivity contribution is 5.91. The van der Waals surface area contributed by atoms with Crippen LogP contribution in [0.1, 0.15) is 19.8 Å². The zero-order valence-corrected chi connectivity index (χ0v) is 10.9. The van der Waals surface area contributed by atoms with Crippen molar-refractivity contribution in [1.82, 2.24) is 9.55 Å². The van der Waals surface area contributed by atoms with Crippen molar-refractivity contribution in [3.63, 3.8) is 0 Å². The lowest BCUT2D eigenvalue weighted by atomic mass is 10.1. The molecule has 0 bridgehead atoms. The van der Waals surface area contributed by atoms with Crippen molar-refractivity contribution in [3.8, 4) is 5.69 Å². The lowest BCUT2D eigenvalue weighted by Crippen LogP contribution is -2.26. The first kappa shape index (κ1) is 13.3. The summed E-state index contributed by atoms with van der Waals surface area (Å²) in [5.74, 6) is -0.0582. The molecule has 0 radical (unpaired) electrons.